The number of aromatic nitrogens is 1. The SMILES string of the molecule is CCCN1CC(CSC)C[C@H]2c3cccc4c3c(cn4Cc3cccc(OC)c3)C[C@@H]21.Cl. The van der Waals surface area contributed by atoms with E-state index >= 15 is 0 Å². The standard InChI is InChI=1S/C27H34N2OS.ClH/c1-4-11-28-16-20(18-31-3)13-24-23-9-6-10-25-27(23)21(14-26(24)28)17-29(25)15-19-7-5-8-22(12-19)30-2;/h5-10,12,17,20,24,26H,4,11,13-16,18H2,1-3H3;1H/t20?,24-,26-;/m0./s1. The molecule has 1 fully saturated rings. The summed E-state index contributed by atoms with van der Waals surface area (Å²) in [6.45, 7) is 5.71. The van der Waals surface area contributed by atoms with Gasteiger partial charge in [0.1, 0.15) is 5.75 Å². The second-order valence-electron chi connectivity index (χ2n) is 9.31. The monoisotopic (exact) mass is 470 g/mol. The molecular weight excluding hydrogens is 436 g/mol. The summed E-state index contributed by atoms with van der Waals surface area (Å²) < 4.78 is 7.91. The number of halogens is 1. The van der Waals surface area contributed by atoms with Crippen LogP contribution < -0.4 is 4.74 Å². The Bertz CT molecular complexity index is 1060. The van der Waals surface area contributed by atoms with Crippen LogP contribution in [0.2, 0.25) is 0 Å². The van der Waals surface area contributed by atoms with Crippen molar-refractivity contribution in [1.82, 2.24) is 9.47 Å². The van der Waals surface area contributed by atoms with E-state index in [9.17, 15) is 0 Å². The zero-order valence-corrected chi connectivity index (χ0v) is 21.1. The van der Waals surface area contributed by atoms with Crippen LogP contribution in [0.3, 0.4) is 0 Å². The summed E-state index contributed by atoms with van der Waals surface area (Å²) in [6.07, 6.45) is 8.46. The van der Waals surface area contributed by atoms with Gasteiger partial charge in [-0.25, -0.2) is 0 Å². The first-order chi connectivity index (χ1) is 15.2. The highest BCUT2D eigenvalue weighted by molar-refractivity contribution is 7.98. The average Bonchev–Trinajstić information content (AvgIpc) is 3.13. The minimum Gasteiger partial charge on any atom is -0.497 e. The molecular formula is C27H35ClN2OS. The highest BCUT2D eigenvalue weighted by Gasteiger charge is 2.40. The van der Waals surface area contributed by atoms with Crippen molar-refractivity contribution in [1.29, 1.82) is 0 Å². The molecule has 0 spiro atoms. The average molecular weight is 471 g/mol. The molecule has 3 nitrogen and oxygen atoms in total. The fourth-order valence-electron chi connectivity index (χ4n) is 6.07. The van der Waals surface area contributed by atoms with E-state index in [1.54, 1.807) is 18.2 Å². The van der Waals surface area contributed by atoms with Crippen molar-refractivity contribution in [2.24, 2.45) is 5.92 Å². The van der Waals surface area contributed by atoms with Crippen molar-refractivity contribution >= 4 is 35.1 Å². The van der Waals surface area contributed by atoms with Gasteiger partial charge in [-0.15, -0.1) is 12.4 Å². The highest BCUT2D eigenvalue weighted by atomic mass is 35.5. The van der Waals surface area contributed by atoms with Crippen LogP contribution in [-0.4, -0.2) is 47.7 Å². The quantitative estimate of drug-likeness (QED) is 0.408. The van der Waals surface area contributed by atoms with Crippen molar-refractivity contribution in [3.8, 4) is 5.75 Å². The van der Waals surface area contributed by atoms with Crippen LogP contribution in [0.15, 0.2) is 48.7 Å². The van der Waals surface area contributed by atoms with Gasteiger partial charge in [-0.05, 0) is 78.6 Å². The first-order valence-corrected chi connectivity index (χ1v) is 13.1. The molecule has 0 bridgehead atoms. The van der Waals surface area contributed by atoms with E-state index in [-0.39, 0.29) is 12.4 Å². The largest absolute Gasteiger partial charge is 0.497 e. The first-order valence-electron chi connectivity index (χ1n) is 11.7. The molecule has 3 atom stereocenters. The zero-order chi connectivity index (χ0) is 21.4. The maximum absolute atomic E-state index is 5.45. The lowest BCUT2D eigenvalue weighted by Gasteiger charge is -2.47. The number of likely N-dealkylation sites (tertiary alicyclic amines) is 1. The van der Waals surface area contributed by atoms with Gasteiger partial charge in [0.05, 0.1) is 7.11 Å². The summed E-state index contributed by atoms with van der Waals surface area (Å²) in [4.78, 5) is 2.82. The van der Waals surface area contributed by atoms with E-state index in [0.717, 1.165) is 18.2 Å². The van der Waals surface area contributed by atoms with Gasteiger partial charge in [0.2, 0.25) is 0 Å². The van der Waals surface area contributed by atoms with E-state index in [2.05, 4.69) is 65.2 Å². The number of methoxy groups -OCH3 is 1. The number of benzene rings is 2. The van der Waals surface area contributed by atoms with Crippen molar-refractivity contribution in [3.63, 3.8) is 0 Å². The first kappa shape index (κ1) is 23.5. The molecule has 0 N–H and O–H groups in total. The summed E-state index contributed by atoms with van der Waals surface area (Å²) in [5.41, 5.74) is 5.82. The van der Waals surface area contributed by atoms with Crippen molar-refractivity contribution < 1.29 is 4.74 Å². The van der Waals surface area contributed by atoms with E-state index < -0.39 is 0 Å². The van der Waals surface area contributed by atoms with Crippen LogP contribution in [0.4, 0.5) is 0 Å². The van der Waals surface area contributed by atoms with Gasteiger partial charge >= 0.3 is 0 Å². The number of fused-ring (bicyclic) bond motifs is 2. The lowest BCUT2D eigenvalue weighted by atomic mass is 9.72. The van der Waals surface area contributed by atoms with Gasteiger partial charge in [-0.3, -0.25) is 4.90 Å². The summed E-state index contributed by atoms with van der Waals surface area (Å²) in [5, 5.41) is 1.54. The second kappa shape index (κ2) is 10.1. The van der Waals surface area contributed by atoms with Crippen molar-refractivity contribution in [2.75, 3.05) is 32.2 Å². The molecule has 0 saturated carbocycles. The molecule has 2 aliphatic rings. The number of nitrogens with zero attached hydrogens (tertiary/aromatic N) is 2. The Morgan fingerprint density at radius 2 is 2.00 bits per heavy atom. The topological polar surface area (TPSA) is 17.4 Å². The van der Waals surface area contributed by atoms with Gasteiger partial charge in [-0.2, -0.15) is 11.8 Å². The third kappa shape index (κ3) is 4.30. The van der Waals surface area contributed by atoms with Gasteiger partial charge in [0, 0.05) is 42.1 Å². The highest BCUT2D eigenvalue weighted by Crippen LogP contribution is 2.45. The minimum absolute atomic E-state index is 0. The molecule has 0 amide bonds. The predicted octanol–water partition coefficient (Wildman–Crippen LogP) is 6.22. The molecule has 1 aliphatic carbocycles. The Kier molecular flexibility index (Phi) is 7.44. The molecule has 1 aliphatic heterocycles. The van der Waals surface area contributed by atoms with Gasteiger partial charge in [-0.1, -0.05) is 31.2 Å². The van der Waals surface area contributed by atoms with Crippen LogP contribution in [0, 0.1) is 5.92 Å². The Hall–Kier alpha value is -1.62. The molecule has 1 aromatic heterocycles. The number of hydrogen-bond acceptors (Lipinski definition) is 3. The molecule has 0 radical (unpaired) electrons. The predicted molar refractivity (Wildman–Crippen MR) is 140 cm³/mol. The van der Waals surface area contributed by atoms with Crippen LogP contribution in [0.1, 0.15) is 42.4 Å². The Balaban J connectivity index is 0.00000245. The minimum atomic E-state index is 0. The van der Waals surface area contributed by atoms with Crippen LogP contribution >= 0.6 is 24.2 Å². The Morgan fingerprint density at radius 3 is 2.78 bits per heavy atom. The third-order valence-corrected chi connectivity index (χ3v) is 8.06. The van der Waals surface area contributed by atoms with E-state index in [1.165, 1.54) is 54.6 Å². The van der Waals surface area contributed by atoms with Crippen LogP contribution in [0.5, 0.6) is 5.75 Å². The summed E-state index contributed by atoms with van der Waals surface area (Å²) >= 11 is 2.01. The molecule has 32 heavy (non-hydrogen) atoms. The van der Waals surface area contributed by atoms with E-state index in [4.69, 9.17) is 4.74 Å². The summed E-state index contributed by atoms with van der Waals surface area (Å²) in [6, 6.07) is 16.1. The fourth-order valence-corrected chi connectivity index (χ4v) is 6.79. The smallest absolute Gasteiger partial charge is 0.119 e. The number of piperidine rings is 1. The summed E-state index contributed by atoms with van der Waals surface area (Å²) in [5.74, 6) is 3.68. The fraction of sp³-hybridized carbons (Fsp3) is 0.481. The lowest BCUT2D eigenvalue weighted by Crippen LogP contribution is -2.50. The van der Waals surface area contributed by atoms with Crippen LogP contribution in [-0.2, 0) is 13.0 Å². The Morgan fingerprint density at radius 1 is 1.16 bits per heavy atom. The number of hydrogen-bond donors (Lipinski definition) is 0. The maximum Gasteiger partial charge on any atom is 0.119 e. The zero-order valence-electron chi connectivity index (χ0n) is 19.4. The molecule has 3 aromatic rings. The normalized spacial score (nSPS) is 22.4. The molecule has 2 aromatic carbocycles. The third-order valence-electron chi connectivity index (χ3n) is 7.26. The molecule has 2 heterocycles. The second-order valence-corrected chi connectivity index (χ2v) is 10.2. The molecule has 172 valence electrons. The molecule has 1 unspecified atom stereocenters. The van der Waals surface area contributed by atoms with Crippen molar-refractivity contribution in [3.05, 3.63) is 65.4 Å². The maximum atomic E-state index is 5.45. The molecule has 5 rings (SSSR count). The summed E-state index contributed by atoms with van der Waals surface area (Å²) in [7, 11) is 1.74. The van der Waals surface area contributed by atoms with Gasteiger partial charge in [0.15, 0.2) is 0 Å². The molecule has 1 saturated heterocycles. The van der Waals surface area contributed by atoms with Gasteiger partial charge in [0.25, 0.3) is 0 Å². The molecule has 5 heteroatoms. The Labute approximate surface area is 202 Å². The van der Waals surface area contributed by atoms with Gasteiger partial charge < -0.3 is 9.30 Å². The van der Waals surface area contributed by atoms with Crippen LogP contribution in [0.25, 0.3) is 10.9 Å². The number of rotatable bonds is 7. The lowest BCUT2D eigenvalue weighted by molar-refractivity contribution is 0.0926. The number of ether oxygens (including phenoxy) is 1. The van der Waals surface area contributed by atoms with Crippen molar-refractivity contribution in [2.45, 2.75) is 44.7 Å². The van der Waals surface area contributed by atoms with E-state index in [1.807, 2.05) is 17.8 Å². The van der Waals surface area contributed by atoms with E-state index in [0.29, 0.717) is 12.0 Å². The number of thioether (sulfide) groups is 1.